The number of aromatic nitrogens is 2. The van der Waals surface area contributed by atoms with E-state index in [1.165, 1.54) is 0 Å². The van der Waals surface area contributed by atoms with E-state index < -0.39 is 0 Å². The third kappa shape index (κ3) is 2.42. The van der Waals surface area contributed by atoms with Gasteiger partial charge in [-0.3, -0.25) is 4.79 Å². The summed E-state index contributed by atoms with van der Waals surface area (Å²) in [4.78, 5) is 12.6. The molecule has 23 heavy (non-hydrogen) atoms. The van der Waals surface area contributed by atoms with Crippen LogP contribution in [0.15, 0.2) is 40.1 Å². The summed E-state index contributed by atoms with van der Waals surface area (Å²) in [6.07, 6.45) is 4.02. The van der Waals surface area contributed by atoms with Crippen molar-refractivity contribution in [2.75, 3.05) is 5.32 Å². The Kier molecular flexibility index (Phi) is 3.75. The number of nitrogens with one attached hydrogen (secondary N) is 1. The zero-order valence-electron chi connectivity index (χ0n) is 11.9. The molecule has 0 saturated carbocycles. The smallest absolute Gasteiger partial charge is 0.163 e. The molecule has 4 nitrogen and oxygen atoms in total. The van der Waals surface area contributed by atoms with E-state index in [0.717, 1.165) is 40.0 Å². The van der Waals surface area contributed by atoms with Gasteiger partial charge in [0.1, 0.15) is 11.9 Å². The molecular formula is C16H12BrCl2N3O. The van der Waals surface area contributed by atoms with E-state index in [-0.39, 0.29) is 11.8 Å². The Bertz CT molecular complexity index is 859. The van der Waals surface area contributed by atoms with E-state index in [9.17, 15) is 4.79 Å². The summed E-state index contributed by atoms with van der Waals surface area (Å²) in [6, 6.07) is 5.18. The second-order valence-electron chi connectivity index (χ2n) is 5.66. The molecule has 1 atom stereocenters. The number of hydrogen-bond donors (Lipinski definition) is 1. The molecule has 4 rings (SSSR count). The molecule has 1 N–H and O–H groups in total. The number of ketones is 1. The number of anilines is 1. The monoisotopic (exact) mass is 411 g/mol. The number of allylic oxidation sites excluding steroid dienone is 2. The summed E-state index contributed by atoms with van der Waals surface area (Å²) in [5.41, 5.74) is 2.66. The van der Waals surface area contributed by atoms with Crippen LogP contribution < -0.4 is 5.32 Å². The number of hydrogen-bond acceptors (Lipinski definition) is 3. The highest BCUT2D eigenvalue weighted by atomic mass is 79.9. The number of Topliss-reactive ketones (excluding diaryl/α,β-unsaturated/α-hetero) is 1. The first-order valence-corrected chi connectivity index (χ1v) is 8.82. The summed E-state index contributed by atoms with van der Waals surface area (Å²) >= 11 is 15.7. The minimum Gasteiger partial charge on any atom is -0.343 e. The van der Waals surface area contributed by atoms with Crippen molar-refractivity contribution in [3.05, 3.63) is 55.7 Å². The van der Waals surface area contributed by atoms with Crippen LogP contribution in [0.5, 0.6) is 0 Å². The number of halogens is 3. The largest absolute Gasteiger partial charge is 0.343 e. The highest BCUT2D eigenvalue weighted by Crippen LogP contribution is 2.43. The first-order chi connectivity index (χ1) is 11.1. The van der Waals surface area contributed by atoms with Crippen molar-refractivity contribution in [2.24, 2.45) is 0 Å². The minimum atomic E-state index is -0.282. The summed E-state index contributed by atoms with van der Waals surface area (Å²) in [7, 11) is 0. The van der Waals surface area contributed by atoms with Gasteiger partial charge in [0, 0.05) is 17.7 Å². The molecule has 0 fully saturated rings. The molecule has 1 aliphatic heterocycles. The quantitative estimate of drug-likeness (QED) is 0.718. The van der Waals surface area contributed by atoms with Crippen molar-refractivity contribution in [3.63, 3.8) is 0 Å². The summed E-state index contributed by atoms with van der Waals surface area (Å²) in [6.45, 7) is 0. The lowest BCUT2D eigenvalue weighted by Gasteiger charge is -2.33. The maximum absolute atomic E-state index is 12.6. The van der Waals surface area contributed by atoms with Gasteiger partial charge >= 0.3 is 0 Å². The van der Waals surface area contributed by atoms with Crippen LogP contribution in [-0.2, 0) is 4.79 Å². The Labute approximate surface area is 151 Å². The van der Waals surface area contributed by atoms with E-state index in [1.807, 2.05) is 16.8 Å². The van der Waals surface area contributed by atoms with Crippen LogP contribution in [-0.4, -0.2) is 15.6 Å². The topological polar surface area (TPSA) is 46.9 Å². The van der Waals surface area contributed by atoms with E-state index in [0.29, 0.717) is 16.5 Å². The van der Waals surface area contributed by atoms with Gasteiger partial charge in [-0.25, -0.2) is 4.68 Å². The van der Waals surface area contributed by atoms with Crippen LogP contribution in [0, 0.1) is 0 Å². The van der Waals surface area contributed by atoms with Crippen LogP contribution >= 0.6 is 39.1 Å². The molecule has 0 spiro atoms. The summed E-state index contributed by atoms with van der Waals surface area (Å²) in [5.74, 6) is 1.02. The van der Waals surface area contributed by atoms with Crippen LogP contribution in [0.4, 0.5) is 5.82 Å². The molecule has 7 heteroatoms. The van der Waals surface area contributed by atoms with Crippen molar-refractivity contribution in [2.45, 2.75) is 25.3 Å². The Hall–Kier alpha value is -1.30. The average Bonchev–Trinajstić information content (AvgIpc) is 2.90. The summed E-state index contributed by atoms with van der Waals surface area (Å²) < 4.78 is 2.69. The number of carbonyl (C=O) groups is 1. The van der Waals surface area contributed by atoms with Gasteiger partial charge < -0.3 is 5.32 Å². The van der Waals surface area contributed by atoms with E-state index in [1.54, 1.807) is 12.3 Å². The molecule has 2 aromatic rings. The molecule has 1 aliphatic carbocycles. The maximum atomic E-state index is 12.6. The van der Waals surface area contributed by atoms with Gasteiger partial charge in [0.15, 0.2) is 5.78 Å². The van der Waals surface area contributed by atoms with Gasteiger partial charge in [0.2, 0.25) is 0 Å². The Morgan fingerprint density at radius 1 is 1.26 bits per heavy atom. The van der Waals surface area contributed by atoms with Gasteiger partial charge in [0.25, 0.3) is 0 Å². The molecule has 2 aliphatic rings. The lowest BCUT2D eigenvalue weighted by molar-refractivity contribution is -0.116. The predicted octanol–water partition coefficient (Wildman–Crippen LogP) is 4.97. The zero-order chi connectivity index (χ0) is 16.1. The highest BCUT2D eigenvalue weighted by molar-refractivity contribution is 9.10. The van der Waals surface area contributed by atoms with Crippen molar-refractivity contribution >= 4 is 50.7 Å². The second-order valence-corrected chi connectivity index (χ2v) is 7.32. The Morgan fingerprint density at radius 3 is 2.87 bits per heavy atom. The number of carbonyl (C=O) groups excluding carboxylic acids is 1. The Morgan fingerprint density at radius 2 is 2.09 bits per heavy atom. The van der Waals surface area contributed by atoms with Gasteiger partial charge in [-0.2, -0.15) is 5.10 Å². The van der Waals surface area contributed by atoms with Gasteiger partial charge in [0.05, 0.1) is 20.7 Å². The normalized spacial score (nSPS) is 20.1. The molecule has 118 valence electrons. The van der Waals surface area contributed by atoms with Gasteiger partial charge in [-0.05, 0) is 46.5 Å². The predicted molar refractivity (Wildman–Crippen MR) is 94.0 cm³/mol. The molecule has 0 bridgehead atoms. The van der Waals surface area contributed by atoms with E-state index in [2.05, 4.69) is 26.3 Å². The highest BCUT2D eigenvalue weighted by Gasteiger charge is 2.36. The van der Waals surface area contributed by atoms with Crippen molar-refractivity contribution in [1.29, 1.82) is 0 Å². The fourth-order valence-electron chi connectivity index (χ4n) is 3.22. The lowest BCUT2D eigenvalue weighted by Crippen LogP contribution is -2.31. The molecule has 1 aromatic heterocycles. The molecule has 0 amide bonds. The number of rotatable bonds is 1. The number of fused-ring (bicyclic) bond motifs is 1. The van der Waals surface area contributed by atoms with Crippen LogP contribution in [0.2, 0.25) is 10.0 Å². The zero-order valence-corrected chi connectivity index (χ0v) is 15.0. The number of nitrogens with zero attached hydrogens (tertiary/aromatic N) is 2. The summed E-state index contributed by atoms with van der Waals surface area (Å²) in [5, 5.41) is 8.76. The average molecular weight is 413 g/mol. The van der Waals surface area contributed by atoms with Crippen LogP contribution in [0.25, 0.3) is 0 Å². The second kappa shape index (κ2) is 5.65. The number of benzene rings is 1. The van der Waals surface area contributed by atoms with Crippen molar-refractivity contribution in [3.8, 4) is 0 Å². The maximum Gasteiger partial charge on any atom is 0.163 e. The Balaban J connectivity index is 1.94. The fraction of sp³-hybridized carbons (Fsp3) is 0.250. The van der Waals surface area contributed by atoms with E-state index in [4.69, 9.17) is 23.2 Å². The first kappa shape index (κ1) is 15.2. The molecule has 0 radical (unpaired) electrons. The van der Waals surface area contributed by atoms with Crippen LogP contribution in [0.3, 0.4) is 0 Å². The molecule has 1 aromatic carbocycles. The van der Waals surface area contributed by atoms with Crippen LogP contribution in [0.1, 0.15) is 30.9 Å². The van der Waals surface area contributed by atoms with Crippen molar-refractivity contribution in [1.82, 2.24) is 9.78 Å². The van der Waals surface area contributed by atoms with Gasteiger partial charge in [-0.1, -0.05) is 29.3 Å². The fourth-order valence-corrected chi connectivity index (χ4v) is 3.90. The van der Waals surface area contributed by atoms with Gasteiger partial charge in [-0.15, -0.1) is 0 Å². The minimum absolute atomic E-state index is 0.159. The third-order valence-electron chi connectivity index (χ3n) is 4.25. The molecule has 2 heterocycles. The molecular weight excluding hydrogens is 401 g/mol. The lowest BCUT2D eigenvalue weighted by atomic mass is 9.85. The van der Waals surface area contributed by atoms with Crippen molar-refractivity contribution < 1.29 is 4.79 Å². The third-order valence-corrected chi connectivity index (χ3v) is 5.57. The molecule has 0 unspecified atom stereocenters. The standard InChI is InChI=1S/C16H12BrCl2N3O/c17-9-7-20-22-15(8-4-5-10(18)11(19)6-8)14-12(21-16(9)22)2-1-3-13(14)23/h4-7,15,21H,1-3H2/t15-/m1/s1. The first-order valence-electron chi connectivity index (χ1n) is 7.27. The SMILES string of the molecule is O=C1CCCC2=C1[C@@H](c1ccc(Cl)c(Cl)c1)n1ncc(Br)c1N2. The molecule has 0 saturated heterocycles. The van der Waals surface area contributed by atoms with E-state index >= 15 is 0 Å².